The SMILES string of the molecule is Cc1cccc(NC(=O)c2ccc(O)c(Br)c2)c1. The normalized spacial score (nSPS) is 10.1. The lowest BCUT2D eigenvalue weighted by Crippen LogP contribution is -2.11. The van der Waals surface area contributed by atoms with Gasteiger partial charge in [0.1, 0.15) is 5.75 Å². The van der Waals surface area contributed by atoms with Crippen molar-refractivity contribution in [1.29, 1.82) is 0 Å². The quantitative estimate of drug-likeness (QED) is 0.888. The summed E-state index contributed by atoms with van der Waals surface area (Å²) in [7, 11) is 0. The maximum atomic E-state index is 12.0. The molecule has 2 aromatic rings. The van der Waals surface area contributed by atoms with E-state index >= 15 is 0 Å². The van der Waals surface area contributed by atoms with Crippen LogP contribution in [-0.2, 0) is 0 Å². The zero-order chi connectivity index (χ0) is 13.1. The highest BCUT2D eigenvalue weighted by Crippen LogP contribution is 2.24. The second-order valence-electron chi connectivity index (χ2n) is 3.99. The minimum Gasteiger partial charge on any atom is -0.507 e. The molecule has 0 atom stereocenters. The Labute approximate surface area is 114 Å². The molecular formula is C14H12BrNO2. The maximum Gasteiger partial charge on any atom is 0.255 e. The number of phenolic OH excluding ortho intramolecular Hbond substituents is 1. The Bertz CT molecular complexity index is 596. The molecule has 3 nitrogen and oxygen atoms in total. The van der Waals surface area contributed by atoms with Crippen molar-refractivity contribution in [1.82, 2.24) is 0 Å². The molecule has 92 valence electrons. The van der Waals surface area contributed by atoms with E-state index in [1.54, 1.807) is 12.1 Å². The summed E-state index contributed by atoms with van der Waals surface area (Å²) in [6, 6.07) is 12.2. The van der Waals surface area contributed by atoms with Gasteiger partial charge in [-0.25, -0.2) is 0 Å². The van der Waals surface area contributed by atoms with Gasteiger partial charge in [0.2, 0.25) is 0 Å². The van der Waals surface area contributed by atoms with Gasteiger partial charge in [-0.15, -0.1) is 0 Å². The van der Waals surface area contributed by atoms with Crippen LogP contribution in [0.4, 0.5) is 5.69 Å². The van der Waals surface area contributed by atoms with Crippen LogP contribution in [0.25, 0.3) is 0 Å². The predicted octanol–water partition coefficient (Wildman–Crippen LogP) is 3.72. The van der Waals surface area contributed by atoms with E-state index in [-0.39, 0.29) is 11.7 Å². The average molecular weight is 306 g/mol. The van der Waals surface area contributed by atoms with Crippen molar-refractivity contribution >= 4 is 27.5 Å². The van der Waals surface area contributed by atoms with E-state index < -0.39 is 0 Å². The van der Waals surface area contributed by atoms with Gasteiger partial charge in [-0.2, -0.15) is 0 Å². The molecular weight excluding hydrogens is 294 g/mol. The Morgan fingerprint density at radius 3 is 2.67 bits per heavy atom. The average Bonchev–Trinajstić information content (AvgIpc) is 2.32. The lowest BCUT2D eigenvalue weighted by Gasteiger charge is -2.06. The van der Waals surface area contributed by atoms with Crippen molar-refractivity contribution in [3.63, 3.8) is 0 Å². The predicted molar refractivity (Wildman–Crippen MR) is 74.9 cm³/mol. The van der Waals surface area contributed by atoms with Gasteiger partial charge >= 0.3 is 0 Å². The second-order valence-corrected chi connectivity index (χ2v) is 4.84. The number of benzene rings is 2. The highest BCUT2D eigenvalue weighted by atomic mass is 79.9. The first-order valence-electron chi connectivity index (χ1n) is 5.43. The Morgan fingerprint density at radius 2 is 2.00 bits per heavy atom. The fourth-order valence-corrected chi connectivity index (χ4v) is 1.95. The summed E-state index contributed by atoms with van der Waals surface area (Å²) in [6.45, 7) is 1.97. The molecule has 0 fully saturated rings. The number of phenols is 1. The minimum atomic E-state index is -0.207. The molecule has 0 heterocycles. The molecule has 0 aliphatic rings. The minimum absolute atomic E-state index is 0.113. The Morgan fingerprint density at radius 1 is 1.22 bits per heavy atom. The van der Waals surface area contributed by atoms with Crippen molar-refractivity contribution in [3.8, 4) is 5.75 Å². The smallest absolute Gasteiger partial charge is 0.255 e. The molecule has 0 aliphatic carbocycles. The van der Waals surface area contributed by atoms with Crippen molar-refractivity contribution in [2.24, 2.45) is 0 Å². The number of aryl methyl sites for hydroxylation is 1. The van der Waals surface area contributed by atoms with Crippen molar-refractivity contribution in [2.75, 3.05) is 5.32 Å². The fourth-order valence-electron chi connectivity index (χ4n) is 1.57. The summed E-state index contributed by atoms with van der Waals surface area (Å²) in [4.78, 5) is 12.0. The van der Waals surface area contributed by atoms with E-state index in [9.17, 15) is 9.90 Å². The number of carbonyl (C=O) groups is 1. The van der Waals surface area contributed by atoms with Gasteiger partial charge < -0.3 is 10.4 Å². The number of carbonyl (C=O) groups excluding carboxylic acids is 1. The number of rotatable bonds is 2. The molecule has 4 heteroatoms. The van der Waals surface area contributed by atoms with Crippen LogP contribution in [0.5, 0.6) is 5.75 Å². The van der Waals surface area contributed by atoms with Crippen LogP contribution in [-0.4, -0.2) is 11.0 Å². The standard InChI is InChI=1S/C14H12BrNO2/c1-9-3-2-4-11(7-9)16-14(18)10-5-6-13(17)12(15)8-10/h2-8,17H,1H3,(H,16,18). The van der Waals surface area contributed by atoms with Crippen molar-refractivity contribution < 1.29 is 9.90 Å². The van der Waals surface area contributed by atoms with Crippen LogP contribution in [0.15, 0.2) is 46.9 Å². The molecule has 18 heavy (non-hydrogen) atoms. The first-order chi connectivity index (χ1) is 8.56. The molecule has 1 amide bonds. The van der Waals surface area contributed by atoms with E-state index in [0.717, 1.165) is 11.3 Å². The van der Waals surface area contributed by atoms with E-state index in [1.807, 2.05) is 31.2 Å². The summed E-state index contributed by atoms with van der Waals surface area (Å²) in [6.07, 6.45) is 0. The third-order valence-electron chi connectivity index (χ3n) is 2.49. The van der Waals surface area contributed by atoms with E-state index in [0.29, 0.717) is 10.0 Å². The number of hydrogen-bond acceptors (Lipinski definition) is 2. The molecule has 0 bridgehead atoms. The van der Waals surface area contributed by atoms with Gasteiger partial charge in [0.15, 0.2) is 0 Å². The van der Waals surface area contributed by atoms with Gasteiger partial charge in [0.25, 0.3) is 5.91 Å². The summed E-state index contributed by atoms with van der Waals surface area (Å²) in [5.41, 5.74) is 2.32. The van der Waals surface area contributed by atoms with Gasteiger partial charge in [-0.05, 0) is 58.7 Å². The topological polar surface area (TPSA) is 49.3 Å². The van der Waals surface area contributed by atoms with Crippen molar-refractivity contribution in [3.05, 3.63) is 58.1 Å². The number of anilines is 1. The van der Waals surface area contributed by atoms with Crippen LogP contribution in [0, 0.1) is 6.92 Å². The molecule has 0 spiro atoms. The van der Waals surface area contributed by atoms with E-state index in [1.165, 1.54) is 6.07 Å². The van der Waals surface area contributed by atoms with Crippen LogP contribution >= 0.6 is 15.9 Å². The highest BCUT2D eigenvalue weighted by molar-refractivity contribution is 9.10. The fraction of sp³-hybridized carbons (Fsp3) is 0.0714. The molecule has 0 saturated carbocycles. The largest absolute Gasteiger partial charge is 0.507 e. The lowest BCUT2D eigenvalue weighted by atomic mass is 10.2. The van der Waals surface area contributed by atoms with Gasteiger partial charge in [-0.1, -0.05) is 12.1 Å². The first-order valence-corrected chi connectivity index (χ1v) is 6.22. The zero-order valence-corrected chi connectivity index (χ0v) is 11.4. The molecule has 0 unspecified atom stereocenters. The maximum absolute atomic E-state index is 12.0. The van der Waals surface area contributed by atoms with Crippen LogP contribution in [0.3, 0.4) is 0 Å². The Kier molecular flexibility index (Phi) is 3.67. The molecule has 2 aromatic carbocycles. The number of halogens is 1. The molecule has 0 aliphatic heterocycles. The summed E-state index contributed by atoms with van der Waals surface area (Å²) >= 11 is 3.18. The van der Waals surface area contributed by atoms with E-state index in [2.05, 4.69) is 21.2 Å². The molecule has 2 N–H and O–H groups in total. The third-order valence-corrected chi connectivity index (χ3v) is 3.12. The molecule has 0 saturated heterocycles. The monoisotopic (exact) mass is 305 g/mol. The summed E-state index contributed by atoms with van der Waals surface area (Å²) in [5, 5.41) is 12.2. The number of aromatic hydroxyl groups is 1. The summed E-state index contributed by atoms with van der Waals surface area (Å²) < 4.78 is 0.499. The second kappa shape index (κ2) is 5.23. The number of hydrogen-bond donors (Lipinski definition) is 2. The van der Waals surface area contributed by atoms with Crippen LogP contribution in [0.1, 0.15) is 15.9 Å². The number of nitrogens with one attached hydrogen (secondary N) is 1. The molecule has 0 aromatic heterocycles. The summed E-state index contributed by atoms with van der Waals surface area (Å²) in [5.74, 6) is -0.0941. The van der Waals surface area contributed by atoms with Gasteiger partial charge in [-0.3, -0.25) is 4.79 Å². The first kappa shape index (κ1) is 12.6. The molecule has 2 rings (SSSR count). The van der Waals surface area contributed by atoms with E-state index in [4.69, 9.17) is 0 Å². The van der Waals surface area contributed by atoms with Crippen molar-refractivity contribution in [2.45, 2.75) is 6.92 Å². The van der Waals surface area contributed by atoms with Gasteiger partial charge in [0.05, 0.1) is 4.47 Å². The third kappa shape index (κ3) is 2.90. The highest BCUT2D eigenvalue weighted by Gasteiger charge is 2.08. The Balaban J connectivity index is 2.19. The Hall–Kier alpha value is -1.81. The van der Waals surface area contributed by atoms with Gasteiger partial charge in [0, 0.05) is 11.3 Å². The van der Waals surface area contributed by atoms with Crippen LogP contribution < -0.4 is 5.32 Å². The number of amides is 1. The lowest BCUT2D eigenvalue weighted by molar-refractivity contribution is 0.102. The van der Waals surface area contributed by atoms with Crippen LogP contribution in [0.2, 0.25) is 0 Å². The molecule has 0 radical (unpaired) electrons. The zero-order valence-electron chi connectivity index (χ0n) is 9.77.